The van der Waals surface area contributed by atoms with E-state index in [1.54, 1.807) is 0 Å². The van der Waals surface area contributed by atoms with E-state index >= 15 is 0 Å². The highest BCUT2D eigenvalue weighted by Crippen LogP contribution is 2.40. The number of azide groups is 1. The fourth-order valence-corrected chi connectivity index (χ4v) is 4.99. The molecular weight excluding hydrogens is 378 g/mol. The highest BCUT2D eigenvalue weighted by molar-refractivity contribution is 5.82. The van der Waals surface area contributed by atoms with Crippen molar-refractivity contribution >= 4 is 5.91 Å². The van der Waals surface area contributed by atoms with Gasteiger partial charge < -0.3 is 10.4 Å². The zero-order valence-electron chi connectivity index (χ0n) is 18.4. The number of nitrogens with zero attached hydrogens (tertiary/aromatic N) is 4. The topological polar surface area (TPSA) is 101 Å². The van der Waals surface area contributed by atoms with Gasteiger partial charge in [-0.05, 0) is 63.0 Å². The molecule has 0 bridgehead atoms. The van der Waals surface area contributed by atoms with Crippen molar-refractivity contribution in [3.63, 3.8) is 0 Å². The van der Waals surface area contributed by atoms with E-state index in [-0.39, 0.29) is 17.5 Å². The molecule has 2 N–H and O–H groups in total. The third-order valence-corrected chi connectivity index (χ3v) is 6.41. The van der Waals surface area contributed by atoms with Crippen LogP contribution in [0.3, 0.4) is 0 Å². The van der Waals surface area contributed by atoms with Crippen LogP contribution >= 0.6 is 0 Å². The number of β-amino-alcohol motifs (C(OH)–C–C–N with tert-alkyl or cyclic N) is 1. The van der Waals surface area contributed by atoms with Crippen LogP contribution < -0.4 is 5.32 Å². The molecule has 1 aliphatic heterocycles. The number of likely N-dealkylation sites (tertiary alicyclic amines) is 1. The number of carbonyl (C=O) groups excluding carboxylic acids is 1. The Hall–Kier alpha value is -2.08. The second-order valence-electron chi connectivity index (χ2n) is 9.93. The summed E-state index contributed by atoms with van der Waals surface area (Å²) in [4.78, 5) is 18.2. The number of rotatable bonds is 7. The summed E-state index contributed by atoms with van der Waals surface area (Å²) in [5.41, 5.74) is 9.75. The third kappa shape index (κ3) is 5.97. The van der Waals surface area contributed by atoms with Crippen molar-refractivity contribution in [1.82, 2.24) is 10.2 Å². The minimum Gasteiger partial charge on any atom is -0.391 e. The first kappa shape index (κ1) is 22.6. The zero-order valence-corrected chi connectivity index (χ0v) is 18.4. The molecule has 1 saturated carbocycles. The number of nitrogens with one attached hydrogen (secondary N) is 1. The van der Waals surface area contributed by atoms with Crippen molar-refractivity contribution in [2.45, 2.75) is 76.6 Å². The van der Waals surface area contributed by atoms with Crippen molar-refractivity contribution < 1.29 is 9.90 Å². The van der Waals surface area contributed by atoms with Gasteiger partial charge in [0.15, 0.2) is 0 Å². The number of hydrogen-bond donors (Lipinski definition) is 2. The number of benzene rings is 1. The van der Waals surface area contributed by atoms with Gasteiger partial charge in [-0.1, -0.05) is 48.3 Å². The average Bonchev–Trinajstić information content (AvgIpc) is 3.14. The van der Waals surface area contributed by atoms with Gasteiger partial charge in [-0.2, -0.15) is 0 Å². The first-order chi connectivity index (χ1) is 14.3. The number of piperidine rings is 1. The number of aliphatic hydroxyl groups excluding tert-OH is 1. The minimum atomic E-state index is -0.830. The molecule has 2 aliphatic rings. The summed E-state index contributed by atoms with van der Waals surface area (Å²) in [5.74, 6) is 1.21. The van der Waals surface area contributed by atoms with E-state index < -0.39 is 12.1 Å². The Morgan fingerprint density at radius 3 is 2.67 bits per heavy atom. The molecule has 0 spiro atoms. The van der Waals surface area contributed by atoms with Crippen LogP contribution in [0.4, 0.5) is 0 Å². The van der Waals surface area contributed by atoms with E-state index in [0.717, 1.165) is 18.5 Å². The summed E-state index contributed by atoms with van der Waals surface area (Å²) in [6.07, 6.45) is 4.08. The predicted octanol–water partition coefficient (Wildman–Crippen LogP) is 3.67. The molecule has 0 aromatic heterocycles. The molecule has 2 fully saturated rings. The lowest BCUT2D eigenvalue weighted by molar-refractivity contribution is -0.131. The van der Waals surface area contributed by atoms with E-state index in [1.165, 1.54) is 19.3 Å². The van der Waals surface area contributed by atoms with Gasteiger partial charge >= 0.3 is 0 Å². The Kier molecular flexibility index (Phi) is 7.40. The van der Waals surface area contributed by atoms with Crippen LogP contribution in [0.15, 0.2) is 35.4 Å². The second-order valence-corrected chi connectivity index (χ2v) is 9.93. The van der Waals surface area contributed by atoms with Gasteiger partial charge in [0.1, 0.15) is 0 Å². The molecule has 1 saturated heterocycles. The molecule has 3 rings (SSSR count). The normalized spacial score (nSPS) is 26.3. The van der Waals surface area contributed by atoms with Crippen LogP contribution in [0.25, 0.3) is 10.4 Å². The number of hydrogen-bond acceptors (Lipinski definition) is 4. The Bertz CT molecular complexity index is 757. The average molecular weight is 414 g/mol. The monoisotopic (exact) mass is 413 g/mol. The Morgan fingerprint density at radius 1 is 1.30 bits per heavy atom. The standard InChI is InChI=1S/C23H35N5O2/c1-23(2,3)25-22(30)20-13-17-10-7-11-18(17)14-28(20)15-21(29)19(26-27-24)12-16-8-5-4-6-9-16/h4-6,8-9,17-21,29H,7,10-15H2,1-3H3,(H,25,30)/t17-,18+,19-,20-,21+/m0/s1. The molecule has 5 atom stereocenters. The van der Waals surface area contributed by atoms with Crippen molar-refractivity contribution in [2.24, 2.45) is 17.0 Å². The summed E-state index contributed by atoms with van der Waals surface area (Å²) >= 11 is 0. The van der Waals surface area contributed by atoms with Crippen molar-refractivity contribution in [3.05, 3.63) is 46.3 Å². The summed E-state index contributed by atoms with van der Waals surface area (Å²) in [6, 6.07) is 8.94. The largest absolute Gasteiger partial charge is 0.391 e. The molecule has 1 amide bonds. The van der Waals surface area contributed by atoms with E-state index in [1.807, 2.05) is 51.1 Å². The van der Waals surface area contributed by atoms with Crippen LogP contribution in [0.5, 0.6) is 0 Å². The van der Waals surface area contributed by atoms with Crippen molar-refractivity contribution in [1.29, 1.82) is 0 Å². The quantitative estimate of drug-likeness (QED) is 0.405. The number of amides is 1. The molecule has 1 aliphatic carbocycles. The van der Waals surface area contributed by atoms with Gasteiger partial charge in [-0.15, -0.1) is 0 Å². The maximum atomic E-state index is 13.1. The first-order valence-electron chi connectivity index (χ1n) is 11.1. The highest BCUT2D eigenvalue weighted by atomic mass is 16.3. The van der Waals surface area contributed by atoms with Gasteiger partial charge in [0.2, 0.25) is 5.91 Å². The van der Waals surface area contributed by atoms with E-state index in [2.05, 4.69) is 20.2 Å². The molecular formula is C23H35N5O2. The second kappa shape index (κ2) is 9.82. The molecule has 1 aromatic rings. The lowest BCUT2D eigenvalue weighted by atomic mass is 9.83. The van der Waals surface area contributed by atoms with Crippen LogP contribution in [-0.4, -0.2) is 52.7 Å². The van der Waals surface area contributed by atoms with E-state index in [4.69, 9.17) is 5.53 Å². The van der Waals surface area contributed by atoms with E-state index in [9.17, 15) is 9.90 Å². The lowest BCUT2D eigenvalue weighted by Gasteiger charge is -2.43. The molecule has 164 valence electrons. The van der Waals surface area contributed by atoms with E-state index in [0.29, 0.717) is 24.8 Å². The maximum absolute atomic E-state index is 13.1. The summed E-state index contributed by atoms with van der Waals surface area (Å²) < 4.78 is 0. The number of fused-ring (bicyclic) bond motifs is 1. The first-order valence-corrected chi connectivity index (χ1v) is 11.1. The summed E-state index contributed by atoms with van der Waals surface area (Å²) in [6.45, 7) is 7.12. The molecule has 1 aromatic carbocycles. The predicted molar refractivity (Wildman–Crippen MR) is 118 cm³/mol. The molecule has 7 heteroatoms. The molecule has 30 heavy (non-hydrogen) atoms. The van der Waals surface area contributed by atoms with Crippen LogP contribution in [0.1, 0.15) is 52.0 Å². The molecule has 0 radical (unpaired) electrons. The van der Waals surface area contributed by atoms with Crippen LogP contribution in [0, 0.1) is 11.8 Å². The maximum Gasteiger partial charge on any atom is 0.237 e. The summed E-state index contributed by atoms with van der Waals surface area (Å²) in [7, 11) is 0. The Morgan fingerprint density at radius 2 is 2.00 bits per heavy atom. The Labute approximate surface area is 179 Å². The van der Waals surface area contributed by atoms with Gasteiger partial charge in [0, 0.05) is 23.5 Å². The van der Waals surface area contributed by atoms with Crippen molar-refractivity contribution in [2.75, 3.05) is 13.1 Å². The van der Waals surface area contributed by atoms with Gasteiger partial charge in [0.25, 0.3) is 0 Å². The number of aliphatic hydroxyl groups is 1. The fraction of sp³-hybridized carbons (Fsp3) is 0.696. The Balaban J connectivity index is 1.73. The molecule has 0 unspecified atom stereocenters. The summed E-state index contributed by atoms with van der Waals surface area (Å²) in [5, 5.41) is 18.0. The lowest BCUT2D eigenvalue weighted by Crippen LogP contribution is -2.58. The zero-order chi connectivity index (χ0) is 21.7. The van der Waals surface area contributed by atoms with Gasteiger partial charge in [-0.3, -0.25) is 9.69 Å². The van der Waals surface area contributed by atoms with Gasteiger partial charge in [-0.25, -0.2) is 0 Å². The van der Waals surface area contributed by atoms with Crippen molar-refractivity contribution in [3.8, 4) is 0 Å². The third-order valence-electron chi connectivity index (χ3n) is 6.41. The fourth-order valence-electron chi connectivity index (χ4n) is 4.99. The number of carbonyl (C=O) groups is 1. The van der Waals surface area contributed by atoms with Gasteiger partial charge in [0.05, 0.1) is 18.2 Å². The van der Waals surface area contributed by atoms with Crippen LogP contribution in [0.2, 0.25) is 0 Å². The highest BCUT2D eigenvalue weighted by Gasteiger charge is 2.42. The molecule has 1 heterocycles. The van der Waals surface area contributed by atoms with Crippen LogP contribution in [-0.2, 0) is 11.2 Å². The SMILES string of the molecule is CC(C)(C)NC(=O)[C@@H]1C[C@@H]2CCC[C@@H]2CN1C[C@@H](O)[C@H](Cc1ccccc1)N=[N+]=[N-]. The smallest absolute Gasteiger partial charge is 0.237 e. The molecule has 7 nitrogen and oxygen atoms in total. The minimum absolute atomic E-state index is 0.0310.